The summed E-state index contributed by atoms with van der Waals surface area (Å²) in [5, 5.41) is 0.516. The molecule has 0 radical (unpaired) electrons. The molecule has 2 rings (SSSR count). The average Bonchev–Trinajstić information content (AvgIpc) is 2.49. The molecule has 2 nitrogen and oxygen atoms in total. The van der Waals surface area contributed by atoms with Gasteiger partial charge in [-0.1, -0.05) is 54.9 Å². The van der Waals surface area contributed by atoms with Gasteiger partial charge in [0, 0.05) is 6.42 Å². The minimum atomic E-state index is -0.472. The van der Waals surface area contributed by atoms with Crippen LogP contribution in [0.1, 0.15) is 20.3 Å². The molecule has 0 saturated heterocycles. The third kappa shape index (κ3) is 3.40. The molecule has 0 aliphatic heterocycles. The molecule has 0 saturated carbocycles. The Labute approximate surface area is 124 Å². The van der Waals surface area contributed by atoms with Crippen LogP contribution in [0.4, 0.5) is 0 Å². The van der Waals surface area contributed by atoms with Crippen molar-refractivity contribution in [3.8, 4) is 16.9 Å². The van der Waals surface area contributed by atoms with E-state index in [1.807, 2.05) is 55.5 Å². The number of ether oxygens (including phenoxy) is 1. The fraction of sp³-hybridized carbons (Fsp3) is 0.235. The van der Waals surface area contributed by atoms with Gasteiger partial charge in [-0.25, -0.2) is 0 Å². The number of carbonyl (C=O) groups excluding carboxylic acids is 1. The zero-order valence-corrected chi connectivity index (χ0v) is 12.4. The van der Waals surface area contributed by atoms with Crippen LogP contribution in [0.15, 0.2) is 48.5 Å². The van der Waals surface area contributed by atoms with Gasteiger partial charge in [-0.15, -0.1) is 0 Å². The number of carbonyl (C=O) groups is 1. The number of benzene rings is 2. The summed E-state index contributed by atoms with van der Waals surface area (Å²) >= 11 is 6.23. The van der Waals surface area contributed by atoms with Crippen LogP contribution in [0.3, 0.4) is 0 Å². The standard InChI is InChI=1S/C17H17ClO2/c1-3-16(19)12(2)20-17-10-9-14(11-15(17)18)13-7-5-4-6-8-13/h4-12H,3H2,1-2H3. The van der Waals surface area contributed by atoms with E-state index in [0.717, 1.165) is 11.1 Å². The maximum absolute atomic E-state index is 11.5. The van der Waals surface area contributed by atoms with Gasteiger partial charge in [0.25, 0.3) is 0 Å². The lowest BCUT2D eigenvalue weighted by Gasteiger charge is -2.14. The van der Waals surface area contributed by atoms with E-state index < -0.39 is 6.10 Å². The van der Waals surface area contributed by atoms with Crippen LogP contribution in [0.2, 0.25) is 5.02 Å². The molecule has 0 spiro atoms. The number of hydrogen-bond acceptors (Lipinski definition) is 2. The lowest BCUT2D eigenvalue weighted by molar-refractivity contribution is -0.124. The summed E-state index contributed by atoms with van der Waals surface area (Å²) in [5.41, 5.74) is 2.12. The van der Waals surface area contributed by atoms with Crippen LogP contribution < -0.4 is 4.74 Å². The molecule has 0 aliphatic carbocycles. The number of ketones is 1. The van der Waals surface area contributed by atoms with Gasteiger partial charge in [-0.2, -0.15) is 0 Å². The van der Waals surface area contributed by atoms with Crippen molar-refractivity contribution >= 4 is 17.4 Å². The number of Topliss-reactive ketones (excluding diaryl/α,β-unsaturated/α-hetero) is 1. The summed E-state index contributed by atoms with van der Waals surface area (Å²) in [5.74, 6) is 0.605. The van der Waals surface area contributed by atoms with E-state index in [1.165, 1.54) is 0 Å². The minimum Gasteiger partial charge on any atom is -0.481 e. The highest BCUT2D eigenvalue weighted by Crippen LogP contribution is 2.31. The summed E-state index contributed by atoms with van der Waals surface area (Å²) in [7, 11) is 0. The second-order valence-corrected chi connectivity index (χ2v) is 5.00. The first-order valence-electron chi connectivity index (χ1n) is 6.66. The van der Waals surface area contributed by atoms with Crippen molar-refractivity contribution in [2.45, 2.75) is 26.4 Å². The van der Waals surface area contributed by atoms with Crippen molar-refractivity contribution in [1.29, 1.82) is 0 Å². The normalized spacial score (nSPS) is 11.9. The maximum Gasteiger partial charge on any atom is 0.172 e. The fourth-order valence-corrected chi connectivity index (χ4v) is 2.18. The zero-order valence-electron chi connectivity index (χ0n) is 11.6. The molecular formula is C17H17ClO2. The molecule has 20 heavy (non-hydrogen) atoms. The van der Waals surface area contributed by atoms with Gasteiger partial charge in [0.15, 0.2) is 11.9 Å². The Hall–Kier alpha value is -1.80. The van der Waals surface area contributed by atoms with Gasteiger partial charge in [-0.3, -0.25) is 4.79 Å². The van der Waals surface area contributed by atoms with E-state index in [0.29, 0.717) is 17.2 Å². The van der Waals surface area contributed by atoms with E-state index >= 15 is 0 Å². The molecule has 3 heteroatoms. The Kier molecular flexibility index (Phi) is 4.80. The van der Waals surface area contributed by atoms with Gasteiger partial charge in [0.1, 0.15) is 5.75 Å². The smallest absolute Gasteiger partial charge is 0.172 e. The van der Waals surface area contributed by atoms with Crippen LogP contribution in [0, 0.1) is 0 Å². The molecule has 1 atom stereocenters. The molecule has 2 aromatic carbocycles. The zero-order chi connectivity index (χ0) is 14.5. The molecule has 0 heterocycles. The molecule has 1 unspecified atom stereocenters. The van der Waals surface area contributed by atoms with Crippen molar-refractivity contribution in [3.63, 3.8) is 0 Å². The van der Waals surface area contributed by atoms with Gasteiger partial charge in [0.05, 0.1) is 5.02 Å². The summed E-state index contributed by atoms with van der Waals surface area (Å²) in [6.45, 7) is 3.57. The SMILES string of the molecule is CCC(=O)C(C)Oc1ccc(-c2ccccc2)cc1Cl. The van der Waals surface area contributed by atoms with Crippen LogP contribution in [-0.4, -0.2) is 11.9 Å². The van der Waals surface area contributed by atoms with Crippen LogP contribution in [0.5, 0.6) is 5.75 Å². The molecular weight excluding hydrogens is 272 g/mol. The lowest BCUT2D eigenvalue weighted by atomic mass is 10.1. The van der Waals surface area contributed by atoms with Gasteiger partial charge < -0.3 is 4.74 Å². The third-order valence-corrected chi connectivity index (χ3v) is 3.44. The molecule has 0 N–H and O–H groups in total. The number of rotatable bonds is 5. The van der Waals surface area contributed by atoms with E-state index in [1.54, 1.807) is 6.92 Å². The second kappa shape index (κ2) is 6.58. The van der Waals surface area contributed by atoms with Crippen LogP contribution in [0.25, 0.3) is 11.1 Å². The van der Waals surface area contributed by atoms with Crippen molar-refractivity contribution in [1.82, 2.24) is 0 Å². The average molecular weight is 289 g/mol. The fourth-order valence-electron chi connectivity index (χ4n) is 1.95. The minimum absolute atomic E-state index is 0.0632. The van der Waals surface area contributed by atoms with Crippen LogP contribution >= 0.6 is 11.6 Å². The maximum atomic E-state index is 11.5. The molecule has 0 aliphatic rings. The first kappa shape index (κ1) is 14.6. The third-order valence-electron chi connectivity index (χ3n) is 3.14. The molecule has 0 bridgehead atoms. The van der Waals surface area contributed by atoms with Gasteiger partial charge in [0.2, 0.25) is 0 Å². The molecule has 0 fully saturated rings. The first-order chi connectivity index (χ1) is 9.61. The Morgan fingerprint density at radius 3 is 2.45 bits per heavy atom. The monoisotopic (exact) mass is 288 g/mol. The summed E-state index contributed by atoms with van der Waals surface area (Å²) in [4.78, 5) is 11.5. The predicted octanol–water partition coefficient (Wildman–Crippen LogP) is 4.75. The van der Waals surface area contributed by atoms with E-state index in [-0.39, 0.29) is 5.78 Å². The van der Waals surface area contributed by atoms with E-state index in [2.05, 4.69) is 0 Å². The number of hydrogen-bond donors (Lipinski definition) is 0. The Morgan fingerprint density at radius 2 is 1.85 bits per heavy atom. The van der Waals surface area contributed by atoms with Crippen molar-refractivity contribution in [2.24, 2.45) is 0 Å². The summed E-state index contributed by atoms with van der Waals surface area (Å²) < 4.78 is 5.61. The van der Waals surface area contributed by atoms with E-state index in [4.69, 9.17) is 16.3 Å². The molecule has 104 valence electrons. The Bertz CT molecular complexity index is 593. The summed E-state index contributed by atoms with van der Waals surface area (Å²) in [6, 6.07) is 15.6. The Balaban J connectivity index is 2.20. The highest BCUT2D eigenvalue weighted by Gasteiger charge is 2.14. The number of halogens is 1. The first-order valence-corrected chi connectivity index (χ1v) is 7.04. The largest absolute Gasteiger partial charge is 0.481 e. The molecule has 0 amide bonds. The molecule has 2 aromatic rings. The Morgan fingerprint density at radius 1 is 1.15 bits per heavy atom. The summed E-state index contributed by atoms with van der Waals surface area (Å²) in [6.07, 6.45) is -0.0129. The predicted molar refractivity (Wildman–Crippen MR) is 82.3 cm³/mol. The quantitative estimate of drug-likeness (QED) is 0.793. The highest BCUT2D eigenvalue weighted by molar-refractivity contribution is 6.32. The lowest BCUT2D eigenvalue weighted by Crippen LogP contribution is -2.22. The topological polar surface area (TPSA) is 26.3 Å². The molecule has 0 aromatic heterocycles. The van der Waals surface area contributed by atoms with Crippen molar-refractivity contribution in [2.75, 3.05) is 0 Å². The van der Waals surface area contributed by atoms with Gasteiger partial charge in [-0.05, 0) is 30.2 Å². The van der Waals surface area contributed by atoms with E-state index in [9.17, 15) is 4.79 Å². The van der Waals surface area contributed by atoms with Crippen molar-refractivity contribution < 1.29 is 9.53 Å². The van der Waals surface area contributed by atoms with Crippen LogP contribution in [-0.2, 0) is 4.79 Å². The highest BCUT2D eigenvalue weighted by atomic mass is 35.5. The van der Waals surface area contributed by atoms with Gasteiger partial charge >= 0.3 is 0 Å². The van der Waals surface area contributed by atoms with Crippen molar-refractivity contribution in [3.05, 3.63) is 53.6 Å². The second-order valence-electron chi connectivity index (χ2n) is 4.59.